The van der Waals surface area contributed by atoms with E-state index in [2.05, 4.69) is 40.2 Å². The Hall–Kier alpha value is -2.56. The van der Waals surface area contributed by atoms with Crippen molar-refractivity contribution in [3.8, 4) is 11.8 Å². The Morgan fingerprint density at radius 1 is 1.00 bits per heavy atom. The van der Waals surface area contributed by atoms with Gasteiger partial charge < -0.3 is 14.4 Å². The molecule has 2 aliphatic rings. The molecule has 148 valence electrons. The Morgan fingerprint density at radius 3 is 2.54 bits per heavy atom. The number of benzene rings is 1. The van der Waals surface area contributed by atoms with Crippen molar-refractivity contribution in [2.75, 3.05) is 20.8 Å². The summed E-state index contributed by atoms with van der Waals surface area (Å²) in [5.41, 5.74) is 1.93. The molecule has 28 heavy (non-hydrogen) atoms. The molecule has 1 saturated heterocycles. The summed E-state index contributed by atoms with van der Waals surface area (Å²) >= 11 is 0. The molecule has 1 aliphatic heterocycles. The predicted octanol–water partition coefficient (Wildman–Crippen LogP) is 4.29. The van der Waals surface area contributed by atoms with Crippen LogP contribution in [-0.4, -0.2) is 42.6 Å². The first-order valence-corrected chi connectivity index (χ1v) is 10.2. The summed E-state index contributed by atoms with van der Waals surface area (Å²) in [7, 11) is 3.11. The minimum absolute atomic E-state index is 0.0235. The maximum atomic E-state index is 13.4. The zero-order chi connectivity index (χ0) is 19.5. The summed E-state index contributed by atoms with van der Waals surface area (Å²) in [4.78, 5) is 19.8. The first-order valence-electron chi connectivity index (χ1n) is 10.2. The van der Waals surface area contributed by atoms with Crippen molar-refractivity contribution in [3.05, 3.63) is 53.6 Å². The molecule has 2 heterocycles. The molecule has 0 spiro atoms. The molecular formula is C23H28N2O3. The van der Waals surface area contributed by atoms with Crippen molar-refractivity contribution < 1.29 is 14.3 Å². The smallest absolute Gasteiger partial charge is 0.259 e. The van der Waals surface area contributed by atoms with Crippen LogP contribution >= 0.6 is 0 Å². The zero-order valence-corrected chi connectivity index (χ0v) is 16.6. The van der Waals surface area contributed by atoms with Crippen LogP contribution in [-0.2, 0) is 0 Å². The Kier molecular flexibility index (Phi) is 5.51. The van der Waals surface area contributed by atoms with Crippen LogP contribution in [0.25, 0.3) is 0 Å². The zero-order valence-electron chi connectivity index (χ0n) is 16.6. The van der Waals surface area contributed by atoms with Crippen molar-refractivity contribution in [2.24, 2.45) is 5.92 Å². The summed E-state index contributed by atoms with van der Waals surface area (Å²) in [6.45, 7) is 0.773. The van der Waals surface area contributed by atoms with Crippen LogP contribution in [0.4, 0.5) is 0 Å². The van der Waals surface area contributed by atoms with E-state index in [9.17, 15) is 4.79 Å². The number of likely N-dealkylation sites (tertiary alicyclic amines) is 1. The summed E-state index contributed by atoms with van der Waals surface area (Å²) < 4.78 is 10.6. The second-order valence-electron chi connectivity index (χ2n) is 7.73. The fourth-order valence-corrected chi connectivity index (χ4v) is 5.03. The Labute approximate surface area is 166 Å². The van der Waals surface area contributed by atoms with Crippen molar-refractivity contribution in [1.29, 1.82) is 0 Å². The molecule has 0 bridgehead atoms. The highest BCUT2D eigenvalue weighted by atomic mass is 16.5. The second kappa shape index (κ2) is 8.21. The highest BCUT2D eigenvalue weighted by molar-refractivity contribution is 5.96. The number of hydrogen-bond donors (Lipinski definition) is 0. The Bertz CT molecular complexity index is 824. The fraction of sp³-hybridized carbons (Fsp3) is 0.478. The number of amides is 1. The average Bonchev–Trinajstić information content (AvgIpc) is 2.78. The number of carbonyl (C=O) groups excluding carboxylic acids is 1. The minimum Gasteiger partial charge on any atom is -0.481 e. The lowest BCUT2D eigenvalue weighted by Crippen LogP contribution is -2.52. The molecule has 3 atom stereocenters. The maximum absolute atomic E-state index is 13.4. The number of carbonyl (C=O) groups is 1. The number of fused-ring (bicyclic) bond motifs is 1. The van der Waals surface area contributed by atoms with Gasteiger partial charge in [-0.2, -0.15) is 4.98 Å². The fourth-order valence-electron chi connectivity index (χ4n) is 5.03. The van der Waals surface area contributed by atoms with Crippen LogP contribution < -0.4 is 9.47 Å². The van der Waals surface area contributed by atoms with Gasteiger partial charge in [-0.1, -0.05) is 43.2 Å². The van der Waals surface area contributed by atoms with Crippen LogP contribution in [0.1, 0.15) is 53.9 Å². The Morgan fingerprint density at radius 2 is 1.79 bits per heavy atom. The van der Waals surface area contributed by atoms with Crippen molar-refractivity contribution >= 4 is 5.91 Å². The largest absolute Gasteiger partial charge is 0.481 e. The molecule has 2 aromatic rings. The lowest BCUT2D eigenvalue weighted by atomic mass is 9.69. The molecule has 4 rings (SSSR count). The molecule has 0 N–H and O–H groups in total. The monoisotopic (exact) mass is 380 g/mol. The van der Waals surface area contributed by atoms with Gasteiger partial charge in [-0.05, 0) is 42.7 Å². The number of pyridine rings is 1. The first kappa shape index (κ1) is 18.8. The molecule has 0 unspecified atom stereocenters. The van der Waals surface area contributed by atoms with Crippen LogP contribution in [0.2, 0.25) is 0 Å². The molecule has 5 heteroatoms. The normalized spacial score (nSPS) is 24.4. The predicted molar refractivity (Wildman–Crippen MR) is 108 cm³/mol. The van der Waals surface area contributed by atoms with E-state index in [1.165, 1.54) is 24.8 Å². The third-order valence-electron chi connectivity index (χ3n) is 6.34. The van der Waals surface area contributed by atoms with Gasteiger partial charge in [0.1, 0.15) is 5.56 Å². The van der Waals surface area contributed by atoms with Gasteiger partial charge in [-0.25, -0.2) is 0 Å². The summed E-state index contributed by atoms with van der Waals surface area (Å²) in [5.74, 6) is 1.86. The molecule has 0 radical (unpaired) electrons. The second-order valence-corrected chi connectivity index (χ2v) is 7.73. The van der Waals surface area contributed by atoms with E-state index in [1.54, 1.807) is 26.4 Å². The van der Waals surface area contributed by atoms with Crippen molar-refractivity contribution in [3.63, 3.8) is 0 Å². The Balaban J connectivity index is 1.61. The van der Waals surface area contributed by atoms with Gasteiger partial charge in [0.05, 0.1) is 14.2 Å². The average molecular weight is 380 g/mol. The number of methoxy groups -OCH3 is 2. The van der Waals surface area contributed by atoms with E-state index in [0.29, 0.717) is 29.2 Å². The number of hydrogen-bond acceptors (Lipinski definition) is 4. The summed E-state index contributed by atoms with van der Waals surface area (Å²) in [6, 6.07) is 14.6. The molecule has 1 amide bonds. The molecule has 2 fully saturated rings. The first-order chi connectivity index (χ1) is 13.7. The maximum Gasteiger partial charge on any atom is 0.259 e. The van der Waals surface area contributed by atoms with Gasteiger partial charge >= 0.3 is 0 Å². The standard InChI is InChI=1S/C23H28N2O3/c1-27-21-13-12-19(22(24-21)28-2)23(26)25-15-14-17(16-8-4-3-5-9-16)18-10-6-7-11-20(18)25/h3-5,8-9,12-13,17-18,20H,6-7,10-11,14-15H2,1-2H3/t17-,18-,20-/m1/s1. The van der Waals surface area contributed by atoms with Crippen LogP contribution in [0.5, 0.6) is 11.8 Å². The third-order valence-corrected chi connectivity index (χ3v) is 6.34. The van der Waals surface area contributed by atoms with Crippen LogP contribution in [0.3, 0.4) is 0 Å². The SMILES string of the molecule is COc1ccc(C(=O)N2CC[C@H](c3ccccc3)[C@H]3CCCC[C@H]32)c(OC)n1. The third kappa shape index (κ3) is 3.46. The quantitative estimate of drug-likeness (QED) is 0.794. The molecule has 1 aromatic carbocycles. The van der Waals surface area contributed by atoms with Crippen LogP contribution in [0.15, 0.2) is 42.5 Å². The molecule has 1 aliphatic carbocycles. The van der Waals surface area contributed by atoms with E-state index < -0.39 is 0 Å². The van der Waals surface area contributed by atoms with E-state index in [4.69, 9.17) is 9.47 Å². The number of aromatic nitrogens is 1. The highest BCUT2D eigenvalue weighted by Crippen LogP contribution is 2.44. The summed E-state index contributed by atoms with van der Waals surface area (Å²) in [6.07, 6.45) is 5.70. The lowest BCUT2D eigenvalue weighted by molar-refractivity contribution is 0.0316. The van der Waals surface area contributed by atoms with Crippen molar-refractivity contribution in [1.82, 2.24) is 9.88 Å². The molecule has 1 saturated carbocycles. The van der Waals surface area contributed by atoms with Crippen molar-refractivity contribution in [2.45, 2.75) is 44.1 Å². The highest BCUT2D eigenvalue weighted by Gasteiger charge is 2.42. The topological polar surface area (TPSA) is 51.7 Å². The number of ether oxygens (including phenoxy) is 2. The summed E-state index contributed by atoms with van der Waals surface area (Å²) in [5, 5.41) is 0. The van der Waals surface area contributed by atoms with Gasteiger partial charge in [0.25, 0.3) is 5.91 Å². The van der Waals surface area contributed by atoms with Gasteiger partial charge in [0.15, 0.2) is 0 Å². The lowest BCUT2D eigenvalue weighted by Gasteiger charge is -2.48. The van der Waals surface area contributed by atoms with Gasteiger partial charge in [0, 0.05) is 18.7 Å². The van der Waals surface area contributed by atoms with Gasteiger partial charge in [0.2, 0.25) is 11.8 Å². The number of nitrogens with zero attached hydrogens (tertiary/aromatic N) is 2. The molecule has 5 nitrogen and oxygen atoms in total. The van der Waals surface area contributed by atoms with Gasteiger partial charge in [-0.15, -0.1) is 0 Å². The molecular weight excluding hydrogens is 352 g/mol. The van der Waals surface area contributed by atoms with E-state index in [1.807, 2.05) is 0 Å². The van der Waals surface area contributed by atoms with E-state index >= 15 is 0 Å². The number of rotatable bonds is 4. The van der Waals surface area contributed by atoms with E-state index in [-0.39, 0.29) is 11.9 Å². The van der Waals surface area contributed by atoms with Gasteiger partial charge in [-0.3, -0.25) is 4.79 Å². The minimum atomic E-state index is 0.0235. The van der Waals surface area contributed by atoms with Crippen LogP contribution in [0, 0.1) is 5.92 Å². The van der Waals surface area contributed by atoms with E-state index in [0.717, 1.165) is 19.4 Å². The number of piperidine rings is 1. The molecule has 1 aromatic heterocycles.